The summed E-state index contributed by atoms with van der Waals surface area (Å²) in [7, 11) is 3.98. The molecule has 0 fully saturated rings. The quantitative estimate of drug-likeness (QED) is 0.140. The van der Waals surface area contributed by atoms with E-state index in [2.05, 4.69) is 15.3 Å². The number of nitrogens with one attached hydrogen (secondary N) is 2. The number of rotatable bonds is 9. The van der Waals surface area contributed by atoms with Gasteiger partial charge in [0.05, 0.1) is 60.8 Å². The number of ether oxygens (including phenoxy) is 3. The van der Waals surface area contributed by atoms with Crippen molar-refractivity contribution in [2.45, 2.75) is 0 Å². The number of aromatic amines is 1. The van der Waals surface area contributed by atoms with Gasteiger partial charge in [-0.05, 0) is 95.6 Å². The van der Waals surface area contributed by atoms with Crippen molar-refractivity contribution in [3.8, 4) is 0 Å². The van der Waals surface area contributed by atoms with Gasteiger partial charge in [-0.3, -0.25) is 4.79 Å². The van der Waals surface area contributed by atoms with E-state index in [1.165, 1.54) is 27.4 Å². The molecule has 272 valence electrons. The van der Waals surface area contributed by atoms with Gasteiger partial charge >= 0.3 is 17.9 Å². The summed E-state index contributed by atoms with van der Waals surface area (Å²) in [6.45, 7) is 0. The Morgan fingerprint density at radius 2 is 0.927 bits per heavy atom. The standard InChI is InChI=1S/C43H33N5O7/c1-53-41(50)27-10-4-24(5-11-27)38(30-16-18-32(45-30)39(34-20-22-36(44)47-34)25-6-12-28(13-7-25)42(51)54-2)31-17-19-33(46-31)40(35-21-23-37(49)48-35)26-8-14-29(15-9-26)43(52)55-3/h4-23,45H,1-3H3,(H2,44,47)(H,48,49)/b38-31-,39-34-,40-35-. The van der Waals surface area contributed by atoms with E-state index in [0.29, 0.717) is 73.4 Å². The minimum absolute atomic E-state index is 0.268. The molecule has 12 nitrogen and oxygen atoms in total. The first-order chi connectivity index (χ1) is 26.7. The van der Waals surface area contributed by atoms with E-state index >= 15 is 0 Å². The zero-order valence-electron chi connectivity index (χ0n) is 29.9. The van der Waals surface area contributed by atoms with Gasteiger partial charge in [-0.25, -0.2) is 24.4 Å². The van der Waals surface area contributed by atoms with E-state index < -0.39 is 17.9 Å². The van der Waals surface area contributed by atoms with Crippen LogP contribution in [0, 0.1) is 0 Å². The van der Waals surface area contributed by atoms with Crippen LogP contribution < -0.4 is 11.1 Å². The maximum absolute atomic E-state index is 12.3. The zero-order valence-corrected chi connectivity index (χ0v) is 29.9. The first-order valence-corrected chi connectivity index (χ1v) is 16.9. The number of nitrogens with two attached hydrogens (primary N) is 1. The van der Waals surface area contributed by atoms with Gasteiger partial charge in [-0.15, -0.1) is 0 Å². The van der Waals surface area contributed by atoms with E-state index in [4.69, 9.17) is 24.9 Å². The molecule has 0 bridgehead atoms. The third-order valence-corrected chi connectivity index (χ3v) is 9.01. The number of hydrogen-bond acceptors (Lipinski definition) is 10. The zero-order chi connectivity index (χ0) is 38.6. The lowest BCUT2D eigenvalue weighted by molar-refractivity contribution is -0.115. The van der Waals surface area contributed by atoms with Gasteiger partial charge in [-0.2, -0.15) is 0 Å². The number of amides is 1. The summed E-state index contributed by atoms with van der Waals surface area (Å²) >= 11 is 0. The van der Waals surface area contributed by atoms with E-state index in [0.717, 1.165) is 16.7 Å². The number of allylic oxidation sites excluding steroid dienone is 5. The number of hydrogen-bond donors (Lipinski definition) is 3. The highest BCUT2D eigenvalue weighted by Crippen LogP contribution is 2.36. The molecule has 0 aliphatic carbocycles. The van der Waals surface area contributed by atoms with Crippen LogP contribution in [0.2, 0.25) is 0 Å². The number of amidine groups is 1. The molecule has 3 aliphatic heterocycles. The highest BCUT2D eigenvalue weighted by atomic mass is 16.5. The number of esters is 3. The molecule has 55 heavy (non-hydrogen) atoms. The number of carbonyl (C=O) groups is 4. The first-order valence-electron chi connectivity index (χ1n) is 16.9. The van der Waals surface area contributed by atoms with Crippen LogP contribution in [0.4, 0.5) is 0 Å². The number of aromatic nitrogens is 1. The monoisotopic (exact) mass is 731 g/mol. The maximum atomic E-state index is 12.3. The molecule has 4 heterocycles. The van der Waals surface area contributed by atoms with Gasteiger partial charge in [0.2, 0.25) is 5.91 Å². The highest BCUT2D eigenvalue weighted by Gasteiger charge is 2.24. The average Bonchev–Trinajstić information content (AvgIpc) is 4.06. The highest BCUT2D eigenvalue weighted by molar-refractivity contribution is 6.32. The molecule has 0 saturated heterocycles. The average molecular weight is 732 g/mol. The summed E-state index contributed by atoms with van der Waals surface area (Å²) < 4.78 is 14.7. The number of methoxy groups -OCH3 is 3. The van der Waals surface area contributed by atoms with Gasteiger partial charge in [0.1, 0.15) is 5.84 Å². The van der Waals surface area contributed by atoms with Crippen molar-refractivity contribution < 1.29 is 33.4 Å². The Hall–Kier alpha value is -7.60. The van der Waals surface area contributed by atoms with Gasteiger partial charge < -0.3 is 30.2 Å². The van der Waals surface area contributed by atoms with Gasteiger partial charge in [0.15, 0.2) is 0 Å². The second kappa shape index (κ2) is 15.2. The molecular weight excluding hydrogens is 699 g/mol. The van der Waals surface area contributed by atoms with E-state index in [1.54, 1.807) is 60.7 Å². The Balaban J connectivity index is 1.37. The van der Waals surface area contributed by atoms with Crippen molar-refractivity contribution in [1.82, 2.24) is 10.3 Å². The molecule has 7 rings (SSSR count). The van der Waals surface area contributed by atoms with Crippen LogP contribution in [0.1, 0.15) is 59.2 Å². The van der Waals surface area contributed by atoms with Gasteiger partial charge in [0, 0.05) is 34.2 Å². The molecule has 4 aromatic rings. The molecule has 12 heteroatoms. The molecular formula is C43H33N5O7. The summed E-state index contributed by atoms with van der Waals surface area (Å²) in [6, 6.07) is 24.7. The fourth-order valence-corrected chi connectivity index (χ4v) is 6.36. The lowest BCUT2D eigenvalue weighted by Gasteiger charge is -2.13. The second-order valence-electron chi connectivity index (χ2n) is 12.3. The minimum atomic E-state index is -0.470. The SMILES string of the molecule is COC(=O)c1ccc(/C(C2=N/C(=C(/c3ccc(C(=O)OC)cc3)c3ccc(/C(=C4/C=CC(N)=N4)c4ccc(C(=O)OC)cc4)[nH]3)C=C2)=C2\C=CC(=O)N2)cc1. The number of nitrogens with zero attached hydrogens (tertiary/aromatic N) is 2. The molecule has 0 radical (unpaired) electrons. The molecule has 1 amide bonds. The van der Waals surface area contributed by atoms with Crippen molar-refractivity contribution in [3.63, 3.8) is 0 Å². The first kappa shape index (κ1) is 35.8. The van der Waals surface area contributed by atoms with Crippen molar-refractivity contribution in [2.24, 2.45) is 15.7 Å². The Kier molecular flexibility index (Phi) is 9.87. The van der Waals surface area contributed by atoms with Crippen LogP contribution in [0.5, 0.6) is 0 Å². The Morgan fingerprint density at radius 1 is 0.509 bits per heavy atom. The predicted octanol–water partition coefficient (Wildman–Crippen LogP) is 5.93. The van der Waals surface area contributed by atoms with Crippen molar-refractivity contribution in [3.05, 3.63) is 183 Å². The number of H-pyrrole nitrogens is 1. The lowest BCUT2D eigenvalue weighted by Crippen LogP contribution is -2.16. The third-order valence-electron chi connectivity index (χ3n) is 9.01. The number of aliphatic imine (C=N–C) groups is 2. The molecule has 0 saturated carbocycles. The van der Waals surface area contributed by atoms with E-state index in [9.17, 15) is 19.2 Å². The third kappa shape index (κ3) is 7.24. The molecule has 3 aromatic carbocycles. The molecule has 4 N–H and O–H groups in total. The Labute approximate surface area is 315 Å². The molecule has 0 unspecified atom stereocenters. The van der Waals surface area contributed by atoms with E-state index in [-0.39, 0.29) is 5.91 Å². The van der Waals surface area contributed by atoms with Crippen LogP contribution in [-0.2, 0) is 19.0 Å². The van der Waals surface area contributed by atoms with Crippen LogP contribution in [0.25, 0.3) is 16.7 Å². The predicted molar refractivity (Wildman–Crippen MR) is 208 cm³/mol. The largest absolute Gasteiger partial charge is 0.465 e. The van der Waals surface area contributed by atoms with E-state index in [1.807, 2.05) is 54.6 Å². The van der Waals surface area contributed by atoms with Crippen molar-refractivity contribution in [1.29, 1.82) is 0 Å². The van der Waals surface area contributed by atoms with Crippen LogP contribution >= 0.6 is 0 Å². The topological polar surface area (TPSA) is 175 Å². The summed E-state index contributed by atoms with van der Waals surface area (Å²) in [5.74, 6) is -1.30. The number of carbonyl (C=O) groups excluding carboxylic acids is 4. The fourth-order valence-electron chi connectivity index (χ4n) is 6.36. The lowest BCUT2D eigenvalue weighted by atomic mass is 9.97. The van der Waals surface area contributed by atoms with Gasteiger partial charge in [-0.1, -0.05) is 36.4 Å². The minimum Gasteiger partial charge on any atom is -0.465 e. The summed E-state index contributed by atoms with van der Waals surface area (Å²) in [5, 5.41) is 2.88. The van der Waals surface area contributed by atoms with Crippen LogP contribution in [0.3, 0.4) is 0 Å². The Bertz CT molecular complexity index is 2510. The normalized spacial score (nSPS) is 17.0. The fraction of sp³-hybridized carbons (Fsp3) is 0.0698. The van der Waals surface area contributed by atoms with Crippen LogP contribution in [-0.4, -0.2) is 61.7 Å². The molecule has 0 atom stereocenters. The Morgan fingerprint density at radius 3 is 1.33 bits per heavy atom. The molecule has 1 aromatic heterocycles. The van der Waals surface area contributed by atoms with Crippen molar-refractivity contribution in [2.75, 3.05) is 21.3 Å². The summed E-state index contributed by atoms with van der Waals surface area (Å²) in [5.41, 5.74) is 15.3. The molecule has 0 spiro atoms. The number of benzene rings is 3. The van der Waals surface area contributed by atoms with Crippen molar-refractivity contribution >= 4 is 52.1 Å². The second-order valence-corrected chi connectivity index (χ2v) is 12.3. The smallest absolute Gasteiger partial charge is 0.337 e. The summed E-state index contributed by atoms with van der Waals surface area (Å²) in [6.07, 6.45) is 10.4. The molecule has 3 aliphatic rings. The van der Waals surface area contributed by atoms with Gasteiger partial charge in [0.25, 0.3) is 0 Å². The van der Waals surface area contributed by atoms with Crippen LogP contribution in [0.15, 0.2) is 148 Å². The maximum Gasteiger partial charge on any atom is 0.337 e. The summed E-state index contributed by atoms with van der Waals surface area (Å²) in [4.78, 5) is 62.2.